The number of aryl methyl sites for hydroxylation is 1. The average molecular weight is 377 g/mol. The van der Waals surface area contributed by atoms with Gasteiger partial charge in [0.05, 0.1) is 0 Å². The standard InChI is InChI=1S/C21H23N5O2/c1-3-13-25(15-17-9-6-5-7-10-17)21(27)18-11-8-12-19(14-18)28-16-20-22-23-24-26(20)4-2/h3,5-12,14H,1,4,13,15-16H2,2H3. The molecule has 0 unspecified atom stereocenters. The minimum Gasteiger partial charge on any atom is -0.486 e. The molecule has 0 radical (unpaired) electrons. The van der Waals surface area contributed by atoms with Crippen LogP contribution in [0.4, 0.5) is 0 Å². The fourth-order valence-corrected chi connectivity index (χ4v) is 2.80. The summed E-state index contributed by atoms with van der Waals surface area (Å²) in [6.45, 7) is 7.61. The molecular weight excluding hydrogens is 354 g/mol. The largest absolute Gasteiger partial charge is 0.486 e. The predicted octanol–water partition coefficient (Wildman–Crippen LogP) is 3.10. The second kappa shape index (κ2) is 9.45. The maximum Gasteiger partial charge on any atom is 0.254 e. The molecule has 0 fully saturated rings. The Bertz CT molecular complexity index is 923. The number of aromatic nitrogens is 4. The third-order valence-electron chi connectivity index (χ3n) is 4.21. The third kappa shape index (κ3) is 4.82. The van der Waals surface area contributed by atoms with Crippen LogP contribution in [0.25, 0.3) is 0 Å². The Morgan fingerprint density at radius 1 is 1.21 bits per heavy atom. The number of rotatable bonds is 9. The van der Waals surface area contributed by atoms with E-state index in [-0.39, 0.29) is 12.5 Å². The second-order valence-corrected chi connectivity index (χ2v) is 6.19. The minimum atomic E-state index is -0.0763. The summed E-state index contributed by atoms with van der Waals surface area (Å²) < 4.78 is 7.45. The summed E-state index contributed by atoms with van der Waals surface area (Å²) in [7, 11) is 0. The normalized spacial score (nSPS) is 10.5. The highest BCUT2D eigenvalue weighted by Crippen LogP contribution is 2.17. The van der Waals surface area contributed by atoms with Crippen molar-refractivity contribution in [3.63, 3.8) is 0 Å². The molecule has 0 bridgehead atoms. The minimum absolute atomic E-state index is 0.0763. The van der Waals surface area contributed by atoms with Gasteiger partial charge in [-0.25, -0.2) is 4.68 Å². The van der Waals surface area contributed by atoms with E-state index in [2.05, 4.69) is 22.1 Å². The van der Waals surface area contributed by atoms with Gasteiger partial charge in [0.1, 0.15) is 12.4 Å². The Morgan fingerprint density at radius 3 is 2.79 bits per heavy atom. The molecule has 0 atom stereocenters. The fourth-order valence-electron chi connectivity index (χ4n) is 2.80. The first-order valence-electron chi connectivity index (χ1n) is 9.13. The van der Waals surface area contributed by atoms with Crippen molar-refractivity contribution in [3.8, 4) is 5.75 Å². The SMILES string of the molecule is C=CCN(Cc1ccccc1)C(=O)c1cccc(OCc2nnnn2CC)c1. The average Bonchev–Trinajstić information content (AvgIpc) is 3.20. The van der Waals surface area contributed by atoms with E-state index in [1.165, 1.54) is 0 Å². The number of benzene rings is 2. The zero-order chi connectivity index (χ0) is 19.8. The summed E-state index contributed by atoms with van der Waals surface area (Å²) >= 11 is 0. The van der Waals surface area contributed by atoms with Gasteiger partial charge in [0, 0.05) is 25.2 Å². The molecule has 7 heteroatoms. The van der Waals surface area contributed by atoms with Crippen molar-refractivity contribution in [2.24, 2.45) is 0 Å². The zero-order valence-electron chi connectivity index (χ0n) is 15.9. The number of hydrogen-bond donors (Lipinski definition) is 0. The van der Waals surface area contributed by atoms with Crippen molar-refractivity contribution in [1.82, 2.24) is 25.1 Å². The number of carbonyl (C=O) groups is 1. The van der Waals surface area contributed by atoms with Crippen molar-refractivity contribution >= 4 is 5.91 Å². The Balaban J connectivity index is 1.71. The highest BCUT2D eigenvalue weighted by Gasteiger charge is 2.16. The highest BCUT2D eigenvalue weighted by atomic mass is 16.5. The van der Waals surface area contributed by atoms with Gasteiger partial charge in [-0.1, -0.05) is 42.5 Å². The predicted molar refractivity (Wildman–Crippen MR) is 106 cm³/mol. The van der Waals surface area contributed by atoms with Crippen LogP contribution in [0.15, 0.2) is 67.3 Å². The summed E-state index contributed by atoms with van der Waals surface area (Å²) in [5, 5.41) is 11.5. The molecule has 0 saturated heterocycles. The molecule has 2 aromatic carbocycles. The first-order chi connectivity index (χ1) is 13.7. The van der Waals surface area contributed by atoms with Crippen molar-refractivity contribution in [2.45, 2.75) is 26.6 Å². The topological polar surface area (TPSA) is 73.1 Å². The molecule has 0 saturated carbocycles. The van der Waals surface area contributed by atoms with Gasteiger partial charge in [-0.15, -0.1) is 11.7 Å². The number of hydrogen-bond acceptors (Lipinski definition) is 5. The smallest absolute Gasteiger partial charge is 0.254 e. The van der Waals surface area contributed by atoms with Gasteiger partial charge in [0.25, 0.3) is 5.91 Å². The fraction of sp³-hybridized carbons (Fsp3) is 0.238. The Labute approximate surface area is 164 Å². The number of ether oxygens (including phenoxy) is 1. The highest BCUT2D eigenvalue weighted by molar-refractivity contribution is 5.94. The molecule has 28 heavy (non-hydrogen) atoms. The molecule has 0 spiro atoms. The molecule has 0 N–H and O–H groups in total. The Hall–Kier alpha value is -3.48. The quantitative estimate of drug-likeness (QED) is 0.536. The van der Waals surface area contributed by atoms with E-state index in [1.807, 2.05) is 43.3 Å². The lowest BCUT2D eigenvalue weighted by atomic mass is 10.1. The lowest BCUT2D eigenvalue weighted by Crippen LogP contribution is -2.30. The molecule has 0 aliphatic heterocycles. The van der Waals surface area contributed by atoms with Gasteiger partial charge >= 0.3 is 0 Å². The van der Waals surface area contributed by atoms with Crippen LogP contribution in [0, 0.1) is 0 Å². The van der Waals surface area contributed by atoms with Crippen LogP contribution in [0.1, 0.15) is 28.7 Å². The molecule has 3 rings (SSSR count). The molecular formula is C21H23N5O2. The maximum atomic E-state index is 13.0. The number of amides is 1. The molecule has 3 aromatic rings. The van der Waals surface area contributed by atoms with Gasteiger partial charge in [-0.3, -0.25) is 4.79 Å². The van der Waals surface area contributed by atoms with Crippen LogP contribution in [0.5, 0.6) is 5.75 Å². The first-order valence-corrected chi connectivity index (χ1v) is 9.13. The summed E-state index contributed by atoms with van der Waals surface area (Å²) in [4.78, 5) is 14.8. The van der Waals surface area contributed by atoms with Gasteiger partial charge in [-0.2, -0.15) is 0 Å². The molecule has 0 aliphatic carbocycles. The van der Waals surface area contributed by atoms with Crippen molar-refractivity contribution in [3.05, 3.63) is 84.2 Å². The number of tetrazole rings is 1. The van der Waals surface area contributed by atoms with Crippen LogP contribution >= 0.6 is 0 Å². The lowest BCUT2D eigenvalue weighted by molar-refractivity contribution is 0.0762. The van der Waals surface area contributed by atoms with Gasteiger partial charge < -0.3 is 9.64 Å². The third-order valence-corrected chi connectivity index (χ3v) is 4.21. The molecule has 7 nitrogen and oxygen atoms in total. The second-order valence-electron chi connectivity index (χ2n) is 6.19. The van der Waals surface area contributed by atoms with E-state index < -0.39 is 0 Å². The lowest BCUT2D eigenvalue weighted by Gasteiger charge is -2.21. The van der Waals surface area contributed by atoms with Crippen molar-refractivity contribution in [2.75, 3.05) is 6.54 Å². The first kappa shape index (κ1) is 19.3. The molecule has 1 amide bonds. The maximum absolute atomic E-state index is 13.0. The van der Waals surface area contributed by atoms with E-state index in [4.69, 9.17) is 4.74 Å². The van der Waals surface area contributed by atoms with Gasteiger partial charge in [0.2, 0.25) is 0 Å². The molecule has 144 valence electrons. The molecule has 1 heterocycles. The Morgan fingerprint density at radius 2 is 2.04 bits per heavy atom. The molecule has 0 aliphatic rings. The van der Waals surface area contributed by atoms with E-state index in [1.54, 1.807) is 33.9 Å². The van der Waals surface area contributed by atoms with E-state index in [0.717, 1.165) is 5.56 Å². The van der Waals surface area contributed by atoms with Crippen molar-refractivity contribution in [1.29, 1.82) is 0 Å². The van der Waals surface area contributed by atoms with Crippen LogP contribution in [-0.4, -0.2) is 37.6 Å². The number of nitrogens with zero attached hydrogens (tertiary/aromatic N) is 5. The zero-order valence-corrected chi connectivity index (χ0v) is 15.9. The van der Waals surface area contributed by atoms with Crippen LogP contribution in [0.2, 0.25) is 0 Å². The van der Waals surface area contributed by atoms with Crippen molar-refractivity contribution < 1.29 is 9.53 Å². The number of carbonyl (C=O) groups excluding carboxylic acids is 1. The Kier molecular flexibility index (Phi) is 6.51. The monoisotopic (exact) mass is 377 g/mol. The summed E-state index contributed by atoms with van der Waals surface area (Å²) in [5.41, 5.74) is 1.63. The van der Waals surface area contributed by atoms with Crippen LogP contribution in [0.3, 0.4) is 0 Å². The van der Waals surface area contributed by atoms with E-state index in [0.29, 0.717) is 36.8 Å². The van der Waals surface area contributed by atoms with Gasteiger partial charge in [-0.05, 0) is 41.1 Å². The summed E-state index contributed by atoms with van der Waals surface area (Å²) in [5.74, 6) is 1.15. The van der Waals surface area contributed by atoms with E-state index >= 15 is 0 Å². The van der Waals surface area contributed by atoms with Crippen LogP contribution in [-0.2, 0) is 19.7 Å². The van der Waals surface area contributed by atoms with Crippen LogP contribution < -0.4 is 4.74 Å². The van der Waals surface area contributed by atoms with E-state index in [9.17, 15) is 4.79 Å². The summed E-state index contributed by atoms with van der Waals surface area (Å²) in [6.07, 6.45) is 1.73. The van der Waals surface area contributed by atoms with Gasteiger partial charge in [0.15, 0.2) is 5.82 Å². The molecule has 1 aromatic heterocycles. The summed E-state index contributed by atoms with van der Waals surface area (Å²) in [6, 6.07) is 17.0.